The summed E-state index contributed by atoms with van der Waals surface area (Å²) in [5.74, 6) is -0.719. The molecule has 0 heterocycles. The summed E-state index contributed by atoms with van der Waals surface area (Å²) in [4.78, 5) is 45.1. The van der Waals surface area contributed by atoms with Gasteiger partial charge in [0, 0.05) is 25.6 Å². The number of alkyl carbamates (subject to hydrolysis) is 2. The van der Waals surface area contributed by atoms with Crippen molar-refractivity contribution in [2.24, 2.45) is 11.3 Å². The first-order valence-corrected chi connectivity index (χ1v) is 10.4. The van der Waals surface area contributed by atoms with Gasteiger partial charge < -0.3 is 29.6 Å². The number of carbonyl (C=O) groups is 4. The van der Waals surface area contributed by atoms with Crippen LogP contribution in [0.15, 0.2) is 12.7 Å². The number of nitrogens with one attached hydrogen (secondary N) is 2. The number of ether oxygens (including phenoxy) is 4. The van der Waals surface area contributed by atoms with Crippen LogP contribution in [0.4, 0.5) is 9.59 Å². The van der Waals surface area contributed by atoms with Crippen molar-refractivity contribution >= 4 is 24.1 Å². The molecule has 0 aromatic rings. The molecule has 0 rings (SSSR count). The summed E-state index contributed by atoms with van der Waals surface area (Å²) in [6, 6.07) is 0. The lowest BCUT2D eigenvalue weighted by Gasteiger charge is -2.28. The Balaban J connectivity index is 3.92. The Morgan fingerprint density at radius 1 is 0.935 bits per heavy atom. The molecule has 0 bridgehead atoms. The minimum Gasteiger partial charge on any atom is -0.462 e. The Kier molecular flexibility index (Phi) is 14.5. The van der Waals surface area contributed by atoms with Crippen molar-refractivity contribution in [3.05, 3.63) is 12.7 Å². The third kappa shape index (κ3) is 16.7. The molecule has 10 heteroatoms. The second-order valence-electron chi connectivity index (χ2n) is 7.75. The van der Waals surface area contributed by atoms with E-state index in [-0.39, 0.29) is 50.2 Å². The lowest BCUT2D eigenvalue weighted by molar-refractivity contribution is -0.144. The van der Waals surface area contributed by atoms with E-state index < -0.39 is 18.2 Å². The van der Waals surface area contributed by atoms with Crippen molar-refractivity contribution in [3.8, 4) is 0 Å². The summed E-state index contributed by atoms with van der Waals surface area (Å²) in [7, 11) is 0. The first-order chi connectivity index (χ1) is 14.6. The van der Waals surface area contributed by atoms with Gasteiger partial charge in [0.1, 0.15) is 26.4 Å². The Bertz CT molecular complexity index is 592. The molecule has 1 unspecified atom stereocenters. The van der Waals surface area contributed by atoms with E-state index in [1.165, 1.54) is 0 Å². The number of esters is 2. The smallest absolute Gasteiger partial charge is 0.407 e. The maximum absolute atomic E-state index is 11.7. The van der Waals surface area contributed by atoms with Gasteiger partial charge in [-0.25, -0.2) is 14.4 Å². The number of rotatable bonds is 15. The third-order valence-electron chi connectivity index (χ3n) is 4.16. The molecule has 0 fully saturated rings. The molecular formula is C21H36N2O8. The van der Waals surface area contributed by atoms with Crippen molar-refractivity contribution in [2.75, 3.05) is 39.5 Å². The topological polar surface area (TPSA) is 129 Å². The molecule has 2 amide bonds. The van der Waals surface area contributed by atoms with Crippen LogP contribution in [-0.2, 0) is 28.5 Å². The summed E-state index contributed by atoms with van der Waals surface area (Å²) in [6.45, 7) is 12.0. The van der Waals surface area contributed by atoms with Gasteiger partial charge in [-0.05, 0) is 24.2 Å². The monoisotopic (exact) mass is 444 g/mol. The molecule has 178 valence electrons. The van der Waals surface area contributed by atoms with Crippen LogP contribution in [0.2, 0.25) is 0 Å². The number of carbonyl (C=O) groups excluding carboxylic acids is 4. The predicted octanol–water partition coefficient (Wildman–Crippen LogP) is 2.56. The van der Waals surface area contributed by atoms with Crippen molar-refractivity contribution in [1.82, 2.24) is 10.6 Å². The summed E-state index contributed by atoms with van der Waals surface area (Å²) < 4.78 is 19.4. The highest BCUT2D eigenvalue weighted by atomic mass is 16.6. The molecule has 0 aromatic carbocycles. The van der Waals surface area contributed by atoms with Gasteiger partial charge in [-0.1, -0.05) is 34.3 Å². The van der Waals surface area contributed by atoms with Crippen molar-refractivity contribution in [1.29, 1.82) is 0 Å². The van der Waals surface area contributed by atoms with Crippen LogP contribution in [0.5, 0.6) is 0 Å². The lowest BCUT2D eigenvalue weighted by Crippen LogP contribution is -2.33. The summed E-state index contributed by atoms with van der Waals surface area (Å²) in [5.41, 5.74) is -0.0773. The standard InChI is InChI=1S/C21H36N2O8/c1-6-17(24)28-10-12-30-19(26)22-9-8-21(4,5)14-16(3)15-23-20(27)31-13-11-29-18(25)7-2/h6,16H,1,7-15H2,2-5H3,(H,22,26)(H,23,27). The summed E-state index contributed by atoms with van der Waals surface area (Å²) >= 11 is 0. The van der Waals surface area contributed by atoms with E-state index in [9.17, 15) is 19.2 Å². The normalized spacial score (nSPS) is 11.6. The van der Waals surface area contributed by atoms with E-state index in [1.54, 1.807) is 6.92 Å². The van der Waals surface area contributed by atoms with E-state index >= 15 is 0 Å². The zero-order valence-electron chi connectivity index (χ0n) is 19.0. The van der Waals surface area contributed by atoms with Gasteiger partial charge in [0.15, 0.2) is 0 Å². The lowest BCUT2D eigenvalue weighted by atomic mass is 9.80. The molecule has 0 spiro atoms. The van der Waals surface area contributed by atoms with E-state index in [0.29, 0.717) is 19.5 Å². The Morgan fingerprint density at radius 2 is 1.48 bits per heavy atom. The Labute approximate surface area is 184 Å². The highest BCUT2D eigenvalue weighted by molar-refractivity contribution is 5.81. The maximum Gasteiger partial charge on any atom is 0.407 e. The van der Waals surface area contributed by atoms with Crippen LogP contribution in [0.3, 0.4) is 0 Å². The summed E-state index contributed by atoms with van der Waals surface area (Å²) in [5, 5.41) is 5.35. The number of hydrogen-bond acceptors (Lipinski definition) is 8. The number of amides is 2. The van der Waals surface area contributed by atoms with Gasteiger partial charge in [0.05, 0.1) is 0 Å². The Morgan fingerprint density at radius 3 is 2.06 bits per heavy atom. The van der Waals surface area contributed by atoms with Crippen LogP contribution in [0.25, 0.3) is 0 Å². The molecule has 0 saturated carbocycles. The summed E-state index contributed by atoms with van der Waals surface area (Å²) in [6.07, 6.45) is 1.71. The average Bonchev–Trinajstić information content (AvgIpc) is 2.71. The minimum absolute atomic E-state index is 0.00983. The third-order valence-corrected chi connectivity index (χ3v) is 4.16. The predicted molar refractivity (Wildman–Crippen MR) is 113 cm³/mol. The highest BCUT2D eigenvalue weighted by Gasteiger charge is 2.22. The van der Waals surface area contributed by atoms with Crippen LogP contribution in [0, 0.1) is 11.3 Å². The zero-order chi connectivity index (χ0) is 23.7. The molecule has 0 aliphatic carbocycles. The van der Waals surface area contributed by atoms with Crippen molar-refractivity contribution in [2.45, 2.75) is 47.0 Å². The fourth-order valence-corrected chi connectivity index (χ4v) is 2.71. The first kappa shape index (κ1) is 28.2. The molecule has 0 saturated heterocycles. The quantitative estimate of drug-likeness (QED) is 0.171. The number of hydrogen-bond donors (Lipinski definition) is 2. The Hall–Kier alpha value is -2.78. The zero-order valence-corrected chi connectivity index (χ0v) is 19.0. The first-order valence-electron chi connectivity index (χ1n) is 10.4. The van der Waals surface area contributed by atoms with Crippen molar-refractivity contribution < 1.29 is 38.1 Å². The molecule has 0 aliphatic rings. The average molecular weight is 445 g/mol. The molecular weight excluding hydrogens is 408 g/mol. The van der Waals surface area contributed by atoms with E-state index in [4.69, 9.17) is 18.9 Å². The van der Waals surface area contributed by atoms with E-state index in [0.717, 1.165) is 12.5 Å². The SMILES string of the molecule is C=CC(=O)OCCOC(=O)NCCC(C)(C)CC(C)CNC(=O)OCCOC(=O)CC. The van der Waals surface area contributed by atoms with E-state index in [1.807, 2.05) is 6.92 Å². The van der Waals surface area contributed by atoms with Crippen LogP contribution >= 0.6 is 0 Å². The fourth-order valence-electron chi connectivity index (χ4n) is 2.71. The van der Waals surface area contributed by atoms with Gasteiger partial charge >= 0.3 is 24.1 Å². The fraction of sp³-hybridized carbons (Fsp3) is 0.714. The van der Waals surface area contributed by atoms with Gasteiger partial charge in [-0.3, -0.25) is 4.79 Å². The van der Waals surface area contributed by atoms with Gasteiger partial charge in [-0.15, -0.1) is 0 Å². The molecule has 2 N–H and O–H groups in total. The second-order valence-corrected chi connectivity index (χ2v) is 7.75. The molecule has 0 aromatic heterocycles. The largest absolute Gasteiger partial charge is 0.462 e. The molecule has 0 radical (unpaired) electrons. The molecule has 10 nitrogen and oxygen atoms in total. The minimum atomic E-state index is -0.576. The van der Waals surface area contributed by atoms with Gasteiger partial charge in [-0.2, -0.15) is 0 Å². The maximum atomic E-state index is 11.7. The molecule has 0 aliphatic heterocycles. The molecule has 31 heavy (non-hydrogen) atoms. The highest BCUT2D eigenvalue weighted by Crippen LogP contribution is 2.28. The van der Waals surface area contributed by atoms with E-state index in [2.05, 4.69) is 31.1 Å². The van der Waals surface area contributed by atoms with Gasteiger partial charge in [0.25, 0.3) is 0 Å². The van der Waals surface area contributed by atoms with Crippen LogP contribution in [0.1, 0.15) is 47.0 Å². The molecule has 1 atom stereocenters. The second kappa shape index (κ2) is 16.0. The van der Waals surface area contributed by atoms with Crippen LogP contribution < -0.4 is 10.6 Å². The van der Waals surface area contributed by atoms with Crippen molar-refractivity contribution in [3.63, 3.8) is 0 Å². The van der Waals surface area contributed by atoms with Crippen LogP contribution in [-0.4, -0.2) is 63.6 Å². The van der Waals surface area contributed by atoms with Gasteiger partial charge in [0.2, 0.25) is 0 Å².